The van der Waals surface area contributed by atoms with Crippen LogP contribution in [0.4, 0.5) is 17.6 Å². The molecule has 0 bridgehead atoms. The highest BCUT2D eigenvalue weighted by Crippen LogP contribution is 2.30. The van der Waals surface area contributed by atoms with Crippen molar-refractivity contribution in [3.63, 3.8) is 0 Å². The normalized spacial score (nSPS) is 24.9. The highest BCUT2D eigenvalue weighted by atomic mass is 19.4. The SMILES string of the molecule is FC1CNCC1Oc1cc(C(F)(F)F)ccn1. The van der Waals surface area contributed by atoms with E-state index < -0.39 is 24.0 Å². The molecule has 1 N–H and O–H groups in total. The minimum Gasteiger partial charge on any atom is -0.470 e. The molecule has 0 aliphatic carbocycles. The summed E-state index contributed by atoms with van der Waals surface area (Å²) in [7, 11) is 0. The Labute approximate surface area is 94.8 Å². The molecular weight excluding hydrogens is 240 g/mol. The van der Waals surface area contributed by atoms with Gasteiger partial charge in [0.1, 0.15) is 6.10 Å². The van der Waals surface area contributed by atoms with Crippen LogP contribution in [0.1, 0.15) is 5.56 Å². The van der Waals surface area contributed by atoms with Gasteiger partial charge in [0, 0.05) is 25.4 Å². The van der Waals surface area contributed by atoms with Crippen molar-refractivity contribution in [1.29, 1.82) is 0 Å². The van der Waals surface area contributed by atoms with Gasteiger partial charge in [0.05, 0.1) is 5.56 Å². The topological polar surface area (TPSA) is 34.1 Å². The van der Waals surface area contributed by atoms with Crippen LogP contribution < -0.4 is 10.1 Å². The molecule has 0 spiro atoms. The Morgan fingerprint density at radius 1 is 1.35 bits per heavy atom. The van der Waals surface area contributed by atoms with E-state index in [1.54, 1.807) is 0 Å². The molecule has 17 heavy (non-hydrogen) atoms. The van der Waals surface area contributed by atoms with Crippen molar-refractivity contribution in [1.82, 2.24) is 10.3 Å². The number of aromatic nitrogens is 1. The lowest BCUT2D eigenvalue weighted by Crippen LogP contribution is -2.27. The van der Waals surface area contributed by atoms with Crippen molar-refractivity contribution in [3.05, 3.63) is 23.9 Å². The molecule has 2 atom stereocenters. The molecule has 2 rings (SSSR count). The van der Waals surface area contributed by atoms with Crippen molar-refractivity contribution in [2.24, 2.45) is 0 Å². The fourth-order valence-electron chi connectivity index (χ4n) is 1.54. The number of ether oxygens (including phenoxy) is 1. The van der Waals surface area contributed by atoms with Crippen LogP contribution in [0.25, 0.3) is 0 Å². The number of rotatable bonds is 2. The first-order valence-corrected chi connectivity index (χ1v) is 5.01. The molecule has 1 saturated heterocycles. The molecule has 94 valence electrons. The van der Waals surface area contributed by atoms with Crippen LogP contribution in [0, 0.1) is 0 Å². The fourth-order valence-corrected chi connectivity index (χ4v) is 1.54. The fraction of sp³-hybridized carbons (Fsp3) is 0.500. The summed E-state index contributed by atoms with van der Waals surface area (Å²) in [6.07, 6.45) is -5.48. The van der Waals surface area contributed by atoms with Crippen LogP contribution in [0.2, 0.25) is 0 Å². The Morgan fingerprint density at radius 3 is 2.71 bits per heavy atom. The van der Waals surface area contributed by atoms with Gasteiger partial charge in [-0.15, -0.1) is 0 Å². The largest absolute Gasteiger partial charge is 0.470 e. The van der Waals surface area contributed by atoms with E-state index in [-0.39, 0.29) is 19.0 Å². The van der Waals surface area contributed by atoms with Gasteiger partial charge in [-0.3, -0.25) is 0 Å². The lowest BCUT2D eigenvalue weighted by molar-refractivity contribution is -0.137. The molecule has 2 heterocycles. The maximum absolute atomic E-state index is 13.2. The Hall–Kier alpha value is -1.37. The molecule has 1 fully saturated rings. The third-order valence-electron chi connectivity index (χ3n) is 2.42. The summed E-state index contributed by atoms with van der Waals surface area (Å²) in [5.41, 5.74) is -0.858. The average molecular weight is 250 g/mol. The quantitative estimate of drug-likeness (QED) is 0.812. The molecule has 0 saturated carbocycles. The summed E-state index contributed by atoms with van der Waals surface area (Å²) in [4.78, 5) is 3.63. The molecule has 3 nitrogen and oxygen atoms in total. The Morgan fingerprint density at radius 2 is 2.12 bits per heavy atom. The number of hydrogen-bond acceptors (Lipinski definition) is 3. The second-order valence-electron chi connectivity index (χ2n) is 3.71. The molecule has 0 radical (unpaired) electrons. The van der Waals surface area contributed by atoms with Crippen LogP contribution in [-0.4, -0.2) is 30.3 Å². The molecule has 1 aromatic heterocycles. The molecule has 1 aromatic rings. The lowest BCUT2D eigenvalue weighted by Gasteiger charge is -2.15. The monoisotopic (exact) mass is 250 g/mol. The van der Waals surface area contributed by atoms with E-state index in [0.29, 0.717) is 0 Å². The van der Waals surface area contributed by atoms with Crippen LogP contribution >= 0.6 is 0 Å². The van der Waals surface area contributed by atoms with Crippen LogP contribution in [0.3, 0.4) is 0 Å². The number of nitrogens with one attached hydrogen (secondary N) is 1. The second kappa shape index (κ2) is 4.48. The molecular formula is C10H10F4N2O. The van der Waals surface area contributed by atoms with Crippen molar-refractivity contribution in [3.8, 4) is 5.88 Å². The minimum absolute atomic E-state index is 0.142. The predicted octanol–water partition coefficient (Wildman–Crippen LogP) is 1.79. The number of hydrogen-bond donors (Lipinski definition) is 1. The van der Waals surface area contributed by atoms with Crippen molar-refractivity contribution in [2.75, 3.05) is 13.1 Å². The van der Waals surface area contributed by atoms with Gasteiger partial charge in [-0.2, -0.15) is 13.2 Å². The summed E-state index contributed by atoms with van der Waals surface area (Å²) >= 11 is 0. The number of pyridine rings is 1. The van der Waals surface area contributed by atoms with Crippen LogP contribution in [0.5, 0.6) is 5.88 Å². The summed E-state index contributed by atoms with van der Waals surface area (Å²) in [5, 5.41) is 2.74. The maximum atomic E-state index is 13.2. The Kier molecular flexibility index (Phi) is 3.19. The van der Waals surface area contributed by atoms with Gasteiger partial charge in [0.15, 0.2) is 6.17 Å². The van der Waals surface area contributed by atoms with Gasteiger partial charge < -0.3 is 10.1 Å². The highest BCUT2D eigenvalue weighted by Gasteiger charge is 2.32. The van der Waals surface area contributed by atoms with E-state index >= 15 is 0 Å². The standard InChI is InChI=1S/C10H10F4N2O/c11-7-4-15-5-8(7)17-9-3-6(1-2-16-9)10(12,13)14/h1-3,7-8,15H,4-5H2. The zero-order valence-corrected chi connectivity index (χ0v) is 8.67. The molecule has 1 aliphatic rings. The Bertz CT molecular complexity index is 396. The molecule has 7 heteroatoms. The number of halogens is 4. The second-order valence-corrected chi connectivity index (χ2v) is 3.71. The van der Waals surface area contributed by atoms with Gasteiger partial charge in [0.2, 0.25) is 5.88 Å². The molecule has 0 aromatic carbocycles. The van der Waals surface area contributed by atoms with E-state index in [1.807, 2.05) is 0 Å². The first-order chi connectivity index (χ1) is 7.97. The van der Waals surface area contributed by atoms with Crippen LogP contribution in [0.15, 0.2) is 18.3 Å². The zero-order valence-electron chi connectivity index (χ0n) is 8.67. The van der Waals surface area contributed by atoms with Crippen molar-refractivity contribution < 1.29 is 22.3 Å². The summed E-state index contributed by atoms with van der Waals surface area (Å²) < 4.78 is 55.4. The van der Waals surface area contributed by atoms with Gasteiger partial charge in [-0.05, 0) is 6.07 Å². The van der Waals surface area contributed by atoms with E-state index in [9.17, 15) is 17.6 Å². The summed E-state index contributed by atoms with van der Waals surface area (Å²) in [6, 6.07) is 1.61. The van der Waals surface area contributed by atoms with Gasteiger partial charge in [0.25, 0.3) is 0 Å². The van der Waals surface area contributed by atoms with Crippen molar-refractivity contribution >= 4 is 0 Å². The van der Waals surface area contributed by atoms with Gasteiger partial charge >= 0.3 is 6.18 Å². The third kappa shape index (κ3) is 2.85. The average Bonchev–Trinajstić information content (AvgIpc) is 2.64. The van der Waals surface area contributed by atoms with E-state index in [0.717, 1.165) is 18.3 Å². The number of nitrogens with zero attached hydrogens (tertiary/aromatic N) is 1. The minimum atomic E-state index is -4.45. The van der Waals surface area contributed by atoms with E-state index in [2.05, 4.69) is 10.3 Å². The van der Waals surface area contributed by atoms with E-state index in [1.165, 1.54) is 0 Å². The predicted molar refractivity (Wildman–Crippen MR) is 51.4 cm³/mol. The lowest BCUT2D eigenvalue weighted by atomic mass is 10.2. The first kappa shape index (κ1) is 12.1. The molecule has 2 unspecified atom stereocenters. The third-order valence-corrected chi connectivity index (χ3v) is 2.42. The summed E-state index contributed by atoms with van der Waals surface area (Å²) in [5.74, 6) is -0.212. The first-order valence-electron chi connectivity index (χ1n) is 5.01. The van der Waals surface area contributed by atoms with Gasteiger partial charge in [-0.25, -0.2) is 9.37 Å². The molecule has 0 amide bonds. The molecule has 1 aliphatic heterocycles. The van der Waals surface area contributed by atoms with Crippen LogP contribution in [-0.2, 0) is 6.18 Å². The smallest absolute Gasteiger partial charge is 0.416 e. The highest BCUT2D eigenvalue weighted by molar-refractivity contribution is 5.23. The van der Waals surface area contributed by atoms with Gasteiger partial charge in [-0.1, -0.05) is 0 Å². The number of alkyl halides is 4. The Balaban J connectivity index is 2.11. The van der Waals surface area contributed by atoms with Crippen molar-refractivity contribution in [2.45, 2.75) is 18.5 Å². The maximum Gasteiger partial charge on any atom is 0.416 e. The summed E-state index contributed by atoms with van der Waals surface area (Å²) in [6.45, 7) is 0.405. The zero-order chi connectivity index (χ0) is 12.5. The van der Waals surface area contributed by atoms with E-state index in [4.69, 9.17) is 4.74 Å².